The standard InChI is InChI=1S/C9H13N2O5S2/c1-6-4-8(17(10,13)14)7(2-3-12)9(5-6)18(11,15)16/h4-5H,2-3H2,1H3,(H2,10,13,14)(H2,11,15,16). The molecular weight excluding hydrogens is 280 g/mol. The maximum atomic E-state index is 11.4. The molecule has 1 aromatic carbocycles. The van der Waals surface area contributed by atoms with Crippen LogP contribution in [0.5, 0.6) is 0 Å². The Morgan fingerprint density at radius 3 is 1.67 bits per heavy atom. The van der Waals surface area contributed by atoms with Crippen LogP contribution in [0.1, 0.15) is 11.1 Å². The van der Waals surface area contributed by atoms with E-state index in [1.54, 1.807) is 0 Å². The highest BCUT2D eigenvalue weighted by molar-refractivity contribution is 7.90. The summed E-state index contributed by atoms with van der Waals surface area (Å²) in [6.45, 7) is 0.832. The summed E-state index contributed by atoms with van der Waals surface area (Å²) in [6.07, 6.45) is -0.280. The third kappa shape index (κ3) is 3.27. The van der Waals surface area contributed by atoms with Gasteiger partial charge in [-0.3, -0.25) is 0 Å². The molecule has 0 aliphatic rings. The molecule has 0 fully saturated rings. The minimum Gasteiger partial charge on any atom is -0.236 e. The number of primary sulfonamides is 2. The first-order valence-corrected chi connectivity index (χ1v) is 7.94. The Morgan fingerprint density at radius 2 is 1.39 bits per heavy atom. The minimum atomic E-state index is -4.12. The fourth-order valence-corrected chi connectivity index (χ4v) is 3.48. The van der Waals surface area contributed by atoms with Crippen molar-refractivity contribution in [3.63, 3.8) is 0 Å². The molecule has 0 saturated heterocycles. The van der Waals surface area contributed by atoms with Crippen molar-refractivity contribution < 1.29 is 21.9 Å². The van der Waals surface area contributed by atoms with Crippen LogP contribution in [0, 0.1) is 6.92 Å². The Hall–Kier alpha value is -1.00. The summed E-state index contributed by atoms with van der Waals surface area (Å²) in [5, 5.41) is 20.7. The van der Waals surface area contributed by atoms with Gasteiger partial charge >= 0.3 is 0 Å². The summed E-state index contributed by atoms with van der Waals surface area (Å²) in [4.78, 5) is -0.746. The molecule has 1 rings (SSSR count). The van der Waals surface area contributed by atoms with Gasteiger partial charge in [0.05, 0.1) is 16.4 Å². The number of hydrogen-bond acceptors (Lipinski definition) is 4. The number of sulfonamides is 2. The third-order valence-corrected chi connectivity index (χ3v) is 4.23. The lowest BCUT2D eigenvalue weighted by molar-refractivity contribution is 0.196. The van der Waals surface area contributed by atoms with Crippen molar-refractivity contribution in [3.05, 3.63) is 23.3 Å². The van der Waals surface area contributed by atoms with Crippen molar-refractivity contribution in [1.82, 2.24) is 0 Å². The first kappa shape index (κ1) is 15.1. The second-order valence-corrected chi connectivity index (χ2v) is 6.84. The quantitative estimate of drug-likeness (QED) is 0.754. The van der Waals surface area contributed by atoms with Crippen LogP contribution in [0.15, 0.2) is 21.9 Å². The zero-order chi connectivity index (χ0) is 14.1. The number of nitrogens with two attached hydrogens (primary N) is 2. The van der Waals surface area contributed by atoms with Crippen LogP contribution < -0.4 is 10.3 Å². The third-order valence-electron chi connectivity index (χ3n) is 2.28. The average Bonchev–Trinajstić information content (AvgIpc) is 2.17. The zero-order valence-corrected chi connectivity index (χ0v) is 11.2. The number of benzene rings is 1. The van der Waals surface area contributed by atoms with Crippen LogP contribution in [0.3, 0.4) is 0 Å². The van der Waals surface area contributed by atoms with E-state index in [1.807, 2.05) is 0 Å². The molecule has 7 nitrogen and oxygen atoms in total. The summed E-state index contributed by atoms with van der Waals surface area (Å²) in [7, 11) is -8.24. The van der Waals surface area contributed by atoms with Crippen molar-refractivity contribution in [3.8, 4) is 0 Å². The maximum Gasteiger partial charge on any atom is 0.238 e. The fourth-order valence-electron chi connectivity index (χ4n) is 1.61. The second kappa shape index (κ2) is 4.94. The van der Waals surface area contributed by atoms with Gasteiger partial charge < -0.3 is 0 Å². The van der Waals surface area contributed by atoms with Crippen molar-refractivity contribution in [2.45, 2.75) is 23.1 Å². The predicted octanol–water partition coefficient (Wildman–Crippen LogP) is -0.737. The van der Waals surface area contributed by atoms with Gasteiger partial charge in [-0.15, -0.1) is 0 Å². The summed E-state index contributed by atoms with van der Waals surface area (Å²) < 4.78 is 45.6. The molecule has 0 atom stereocenters. The Kier molecular flexibility index (Phi) is 4.13. The van der Waals surface area contributed by atoms with E-state index in [4.69, 9.17) is 10.3 Å². The molecule has 101 valence electrons. The highest BCUT2D eigenvalue weighted by Gasteiger charge is 2.23. The largest absolute Gasteiger partial charge is 0.238 e. The second-order valence-electron chi connectivity index (χ2n) is 3.78. The lowest BCUT2D eigenvalue weighted by atomic mass is 10.1. The van der Waals surface area contributed by atoms with E-state index in [1.165, 1.54) is 19.1 Å². The fraction of sp³-hybridized carbons (Fsp3) is 0.333. The SMILES string of the molecule is Cc1cc(S(N)(=O)=O)c(CC[O])c(S(N)(=O)=O)c1. The molecule has 0 aliphatic carbocycles. The van der Waals surface area contributed by atoms with Crippen LogP contribution >= 0.6 is 0 Å². The monoisotopic (exact) mass is 293 g/mol. The average molecular weight is 293 g/mol. The Balaban J connectivity index is 3.79. The molecule has 0 aromatic heterocycles. The summed E-state index contributed by atoms with van der Waals surface area (Å²) >= 11 is 0. The van der Waals surface area contributed by atoms with Gasteiger partial charge in [0.25, 0.3) is 0 Å². The van der Waals surface area contributed by atoms with E-state index in [0.29, 0.717) is 5.56 Å². The molecule has 0 unspecified atom stereocenters. The van der Waals surface area contributed by atoms with Crippen LogP contribution in [0.25, 0.3) is 0 Å². The number of rotatable bonds is 4. The van der Waals surface area contributed by atoms with E-state index < -0.39 is 26.7 Å². The number of hydrogen-bond donors (Lipinski definition) is 2. The van der Waals surface area contributed by atoms with E-state index >= 15 is 0 Å². The van der Waals surface area contributed by atoms with Gasteiger partial charge in [0.2, 0.25) is 20.0 Å². The lowest BCUT2D eigenvalue weighted by Crippen LogP contribution is -2.21. The molecule has 0 heterocycles. The molecule has 0 aliphatic heterocycles. The smallest absolute Gasteiger partial charge is 0.236 e. The molecule has 0 spiro atoms. The summed E-state index contributed by atoms with van der Waals surface area (Å²) in [6, 6.07) is 2.43. The van der Waals surface area contributed by atoms with E-state index in [0.717, 1.165) is 0 Å². The van der Waals surface area contributed by atoms with Crippen molar-refractivity contribution in [2.75, 3.05) is 6.61 Å². The van der Waals surface area contributed by atoms with Crippen LogP contribution in [0.2, 0.25) is 0 Å². The molecule has 1 aromatic rings. The van der Waals surface area contributed by atoms with Crippen molar-refractivity contribution >= 4 is 20.0 Å². The Bertz CT molecular complexity index is 611. The molecule has 0 saturated carbocycles. The van der Waals surface area contributed by atoms with Gasteiger partial charge in [0, 0.05) is 6.42 Å². The van der Waals surface area contributed by atoms with E-state index in [9.17, 15) is 21.9 Å². The van der Waals surface area contributed by atoms with Crippen LogP contribution in [0.4, 0.5) is 0 Å². The van der Waals surface area contributed by atoms with Crippen LogP contribution in [-0.4, -0.2) is 23.4 Å². The zero-order valence-electron chi connectivity index (χ0n) is 9.58. The molecule has 0 bridgehead atoms. The van der Waals surface area contributed by atoms with E-state index in [2.05, 4.69) is 0 Å². The molecule has 18 heavy (non-hydrogen) atoms. The van der Waals surface area contributed by atoms with Gasteiger partial charge in [0.15, 0.2) is 0 Å². The molecule has 4 N–H and O–H groups in total. The first-order valence-electron chi connectivity index (χ1n) is 4.84. The Morgan fingerprint density at radius 1 is 1.00 bits per heavy atom. The van der Waals surface area contributed by atoms with Crippen molar-refractivity contribution in [1.29, 1.82) is 0 Å². The highest BCUT2D eigenvalue weighted by atomic mass is 32.2. The molecule has 0 amide bonds. The molecular formula is C9H13N2O5S2. The van der Waals surface area contributed by atoms with E-state index in [-0.39, 0.29) is 21.8 Å². The Labute approximate surface area is 106 Å². The maximum absolute atomic E-state index is 11.4. The summed E-state index contributed by atoms with van der Waals surface area (Å²) in [5.74, 6) is 0. The number of aryl methyl sites for hydroxylation is 1. The van der Waals surface area contributed by atoms with Crippen molar-refractivity contribution in [2.24, 2.45) is 10.3 Å². The van der Waals surface area contributed by atoms with Gasteiger partial charge in [-0.2, -0.15) is 0 Å². The highest BCUT2D eigenvalue weighted by Crippen LogP contribution is 2.24. The topological polar surface area (TPSA) is 140 Å². The first-order chi connectivity index (χ1) is 8.07. The summed E-state index contributed by atoms with van der Waals surface area (Å²) in [5.41, 5.74) is 0.221. The molecule has 1 radical (unpaired) electrons. The normalized spacial score (nSPS) is 12.7. The lowest BCUT2D eigenvalue weighted by Gasteiger charge is -2.12. The van der Waals surface area contributed by atoms with Gasteiger partial charge in [0.1, 0.15) is 0 Å². The van der Waals surface area contributed by atoms with Gasteiger partial charge in [-0.25, -0.2) is 32.2 Å². The van der Waals surface area contributed by atoms with Crippen LogP contribution in [-0.2, 0) is 31.6 Å². The predicted molar refractivity (Wildman–Crippen MR) is 63.2 cm³/mol. The van der Waals surface area contributed by atoms with Gasteiger partial charge in [-0.05, 0) is 30.2 Å². The molecule has 9 heteroatoms. The minimum absolute atomic E-state index is 0.152. The van der Waals surface area contributed by atoms with Gasteiger partial charge in [-0.1, -0.05) is 0 Å².